The first-order valence-corrected chi connectivity index (χ1v) is 10.2. The molecule has 156 valence electrons. The summed E-state index contributed by atoms with van der Waals surface area (Å²) in [4.78, 5) is 32.0. The lowest BCUT2D eigenvalue weighted by Crippen LogP contribution is -2.42. The quantitative estimate of drug-likeness (QED) is 0.705. The number of methoxy groups -OCH3 is 1. The van der Waals surface area contributed by atoms with Gasteiger partial charge in [-0.3, -0.25) is 18.9 Å². The topological polar surface area (TPSA) is 75.9 Å². The van der Waals surface area contributed by atoms with E-state index in [-0.39, 0.29) is 29.0 Å². The lowest BCUT2D eigenvalue weighted by Gasteiger charge is -2.39. The average Bonchev–Trinajstić information content (AvgIpc) is 2.78. The van der Waals surface area contributed by atoms with Crippen molar-refractivity contribution < 1.29 is 9.53 Å². The number of pyridine rings is 1. The van der Waals surface area contributed by atoms with Crippen LogP contribution in [0.2, 0.25) is 0 Å². The molecule has 0 saturated carbocycles. The third-order valence-electron chi connectivity index (χ3n) is 5.85. The maximum absolute atomic E-state index is 12.8. The van der Waals surface area contributed by atoms with Crippen LogP contribution in [0.5, 0.6) is 5.75 Å². The molecule has 2 atom stereocenters. The van der Waals surface area contributed by atoms with Gasteiger partial charge in [-0.2, -0.15) is 0 Å². The van der Waals surface area contributed by atoms with E-state index in [9.17, 15) is 9.59 Å². The SMILES string of the molecule is COc1ccc(C2C(CNC(=O)c3cnc4ccccn4c3=O)CCCN2C)cc1. The van der Waals surface area contributed by atoms with Crippen molar-refractivity contribution in [1.82, 2.24) is 19.6 Å². The number of nitrogens with one attached hydrogen (secondary N) is 1. The van der Waals surface area contributed by atoms with Gasteiger partial charge in [-0.25, -0.2) is 4.98 Å². The van der Waals surface area contributed by atoms with E-state index in [2.05, 4.69) is 34.4 Å². The zero-order valence-electron chi connectivity index (χ0n) is 17.2. The highest BCUT2D eigenvalue weighted by Gasteiger charge is 2.31. The van der Waals surface area contributed by atoms with Gasteiger partial charge in [0, 0.05) is 25.0 Å². The lowest BCUT2D eigenvalue weighted by atomic mass is 9.85. The fourth-order valence-electron chi connectivity index (χ4n) is 4.30. The molecule has 30 heavy (non-hydrogen) atoms. The normalized spacial score (nSPS) is 19.5. The van der Waals surface area contributed by atoms with Gasteiger partial charge in [0.2, 0.25) is 0 Å². The van der Waals surface area contributed by atoms with Crippen molar-refractivity contribution in [3.63, 3.8) is 0 Å². The molecule has 1 aliphatic heterocycles. The Hall–Kier alpha value is -3.19. The minimum atomic E-state index is -0.382. The molecular weight excluding hydrogens is 380 g/mol. The van der Waals surface area contributed by atoms with Gasteiger partial charge < -0.3 is 10.1 Å². The number of ether oxygens (including phenoxy) is 1. The van der Waals surface area contributed by atoms with Crippen LogP contribution < -0.4 is 15.6 Å². The van der Waals surface area contributed by atoms with E-state index >= 15 is 0 Å². The summed E-state index contributed by atoms with van der Waals surface area (Å²) in [6.07, 6.45) is 5.07. The van der Waals surface area contributed by atoms with Crippen molar-refractivity contribution >= 4 is 11.6 Å². The second-order valence-corrected chi connectivity index (χ2v) is 7.72. The number of aromatic nitrogens is 2. The van der Waals surface area contributed by atoms with Crippen molar-refractivity contribution in [3.05, 3.63) is 76.3 Å². The minimum Gasteiger partial charge on any atom is -0.497 e. The van der Waals surface area contributed by atoms with Crippen LogP contribution in [0, 0.1) is 5.92 Å². The first-order valence-electron chi connectivity index (χ1n) is 10.2. The third-order valence-corrected chi connectivity index (χ3v) is 5.85. The van der Waals surface area contributed by atoms with Crippen molar-refractivity contribution in [2.24, 2.45) is 5.92 Å². The highest BCUT2D eigenvalue weighted by atomic mass is 16.5. The second-order valence-electron chi connectivity index (χ2n) is 7.72. The highest BCUT2D eigenvalue weighted by molar-refractivity contribution is 5.93. The number of benzene rings is 1. The number of amides is 1. The summed E-state index contributed by atoms with van der Waals surface area (Å²) in [7, 11) is 3.77. The van der Waals surface area contributed by atoms with Crippen molar-refractivity contribution in [2.75, 3.05) is 27.2 Å². The molecule has 1 aromatic carbocycles. The molecule has 2 aromatic heterocycles. The minimum absolute atomic E-state index is 0.0591. The number of hydrogen-bond acceptors (Lipinski definition) is 5. The van der Waals surface area contributed by atoms with Crippen LogP contribution >= 0.6 is 0 Å². The molecule has 0 spiro atoms. The Morgan fingerprint density at radius 2 is 2.03 bits per heavy atom. The van der Waals surface area contributed by atoms with E-state index in [4.69, 9.17) is 4.74 Å². The third kappa shape index (κ3) is 3.93. The van der Waals surface area contributed by atoms with E-state index in [1.165, 1.54) is 16.2 Å². The van der Waals surface area contributed by atoms with Crippen LogP contribution in [0.1, 0.15) is 34.8 Å². The maximum Gasteiger partial charge on any atom is 0.270 e. The first-order chi connectivity index (χ1) is 14.6. The molecule has 1 aliphatic rings. The van der Waals surface area contributed by atoms with Crippen molar-refractivity contribution in [2.45, 2.75) is 18.9 Å². The zero-order chi connectivity index (χ0) is 21.1. The number of carbonyl (C=O) groups excluding carboxylic acids is 1. The number of nitrogens with zero attached hydrogens (tertiary/aromatic N) is 3. The Labute approximate surface area is 175 Å². The van der Waals surface area contributed by atoms with Gasteiger partial charge >= 0.3 is 0 Å². The smallest absolute Gasteiger partial charge is 0.270 e. The molecule has 7 heteroatoms. The zero-order valence-corrected chi connectivity index (χ0v) is 17.2. The molecule has 3 heterocycles. The number of likely N-dealkylation sites (tertiary alicyclic amines) is 1. The first kappa shape index (κ1) is 20.1. The Balaban J connectivity index is 1.51. The highest BCUT2D eigenvalue weighted by Crippen LogP contribution is 2.35. The molecule has 7 nitrogen and oxygen atoms in total. The summed E-state index contributed by atoms with van der Waals surface area (Å²) in [6, 6.07) is 13.6. The fourth-order valence-corrected chi connectivity index (χ4v) is 4.30. The predicted molar refractivity (Wildman–Crippen MR) is 115 cm³/mol. The second kappa shape index (κ2) is 8.67. The van der Waals surface area contributed by atoms with E-state index in [1.54, 1.807) is 31.5 Å². The molecular formula is C23H26N4O3. The Bertz CT molecular complexity index is 1090. The van der Waals surface area contributed by atoms with Crippen LogP contribution in [0.3, 0.4) is 0 Å². The Kier molecular flexibility index (Phi) is 5.81. The summed E-state index contributed by atoms with van der Waals surface area (Å²) >= 11 is 0. The summed E-state index contributed by atoms with van der Waals surface area (Å²) in [5.41, 5.74) is 1.42. The Morgan fingerprint density at radius 3 is 2.80 bits per heavy atom. The number of piperidine rings is 1. The monoisotopic (exact) mass is 406 g/mol. The predicted octanol–water partition coefficient (Wildman–Crippen LogP) is 2.52. The van der Waals surface area contributed by atoms with Crippen LogP contribution in [0.15, 0.2) is 59.7 Å². The molecule has 3 aromatic rings. The van der Waals surface area contributed by atoms with Gasteiger partial charge in [-0.05, 0) is 62.2 Å². The van der Waals surface area contributed by atoms with Gasteiger partial charge in [0.05, 0.1) is 7.11 Å². The van der Waals surface area contributed by atoms with Gasteiger partial charge in [-0.15, -0.1) is 0 Å². The van der Waals surface area contributed by atoms with E-state index in [0.717, 1.165) is 25.1 Å². The van der Waals surface area contributed by atoms with Crippen molar-refractivity contribution in [1.29, 1.82) is 0 Å². The fraction of sp³-hybridized carbons (Fsp3) is 0.348. The molecule has 1 N–H and O–H groups in total. The number of rotatable bonds is 5. The summed E-state index contributed by atoms with van der Waals surface area (Å²) in [6.45, 7) is 1.51. The molecule has 2 unspecified atom stereocenters. The van der Waals surface area contributed by atoms with Crippen LogP contribution in [-0.2, 0) is 0 Å². The summed E-state index contributed by atoms with van der Waals surface area (Å²) < 4.78 is 6.66. The van der Waals surface area contributed by atoms with Gasteiger partial charge in [-0.1, -0.05) is 18.2 Å². The lowest BCUT2D eigenvalue weighted by molar-refractivity contribution is 0.0889. The van der Waals surface area contributed by atoms with Gasteiger partial charge in [0.25, 0.3) is 11.5 Å². The maximum atomic E-state index is 12.8. The van der Waals surface area contributed by atoms with E-state index in [1.807, 2.05) is 12.1 Å². The standard InChI is InChI=1S/C23H26N4O3/c1-26-12-5-6-17(21(26)16-8-10-18(30-2)11-9-16)14-25-22(28)19-15-24-20-7-3-4-13-27(20)23(19)29/h3-4,7-11,13,15,17,21H,5-6,12,14H2,1-2H3,(H,25,28). The van der Waals surface area contributed by atoms with Gasteiger partial charge in [0.15, 0.2) is 0 Å². The van der Waals surface area contributed by atoms with Crippen LogP contribution in [0.4, 0.5) is 0 Å². The van der Waals surface area contributed by atoms with Crippen LogP contribution in [-0.4, -0.2) is 47.4 Å². The van der Waals surface area contributed by atoms with Crippen molar-refractivity contribution in [3.8, 4) is 5.75 Å². The summed E-state index contributed by atoms with van der Waals surface area (Å²) in [5, 5.41) is 2.97. The van der Waals surface area contributed by atoms with Crippen LogP contribution in [0.25, 0.3) is 5.65 Å². The molecule has 1 amide bonds. The summed E-state index contributed by atoms with van der Waals surface area (Å²) in [5.74, 6) is 0.691. The Morgan fingerprint density at radius 1 is 1.23 bits per heavy atom. The molecule has 4 rings (SSSR count). The largest absolute Gasteiger partial charge is 0.497 e. The van der Waals surface area contributed by atoms with E-state index in [0.29, 0.717) is 12.2 Å². The molecule has 0 aliphatic carbocycles. The molecule has 1 fully saturated rings. The average molecular weight is 406 g/mol. The number of hydrogen-bond donors (Lipinski definition) is 1. The number of carbonyl (C=O) groups is 1. The van der Waals surface area contributed by atoms with E-state index < -0.39 is 0 Å². The number of fused-ring (bicyclic) bond motifs is 1. The molecule has 0 radical (unpaired) electrons. The molecule has 1 saturated heterocycles. The van der Waals surface area contributed by atoms with Gasteiger partial charge in [0.1, 0.15) is 17.0 Å². The molecule has 0 bridgehead atoms.